The van der Waals surface area contributed by atoms with Crippen molar-refractivity contribution in [1.29, 1.82) is 0 Å². The van der Waals surface area contributed by atoms with Gasteiger partial charge in [-0.05, 0) is 30.3 Å². The highest BCUT2D eigenvalue weighted by molar-refractivity contribution is 6.32. The van der Waals surface area contributed by atoms with Gasteiger partial charge in [0.05, 0.1) is 21.7 Å². The SMILES string of the molecule is Fc1ccc(Cl)c(-n2c(CCCl)nc3ccccc32)c1. The monoisotopic (exact) mass is 308 g/mol. The maximum atomic E-state index is 13.5. The minimum Gasteiger partial charge on any atom is -0.295 e. The van der Waals surface area contributed by atoms with Crippen molar-refractivity contribution in [2.24, 2.45) is 0 Å². The van der Waals surface area contributed by atoms with Gasteiger partial charge in [0.25, 0.3) is 0 Å². The van der Waals surface area contributed by atoms with Crippen LogP contribution < -0.4 is 0 Å². The predicted octanol–water partition coefficient (Wildman–Crippen LogP) is 4.60. The molecule has 0 fully saturated rings. The van der Waals surface area contributed by atoms with E-state index in [9.17, 15) is 4.39 Å². The summed E-state index contributed by atoms with van der Waals surface area (Å²) in [5, 5.41) is 0.477. The molecule has 102 valence electrons. The Kier molecular flexibility index (Phi) is 3.64. The number of rotatable bonds is 3. The molecule has 0 saturated heterocycles. The zero-order valence-electron chi connectivity index (χ0n) is 10.5. The van der Waals surface area contributed by atoms with Crippen LogP contribution in [0.4, 0.5) is 4.39 Å². The Bertz CT molecular complexity index is 768. The maximum absolute atomic E-state index is 13.5. The zero-order chi connectivity index (χ0) is 14.1. The number of hydrogen-bond acceptors (Lipinski definition) is 1. The summed E-state index contributed by atoms with van der Waals surface area (Å²) in [4.78, 5) is 4.55. The van der Waals surface area contributed by atoms with Crippen LogP contribution in [0.25, 0.3) is 16.7 Å². The number of nitrogens with zero attached hydrogens (tertiary/aromatic N) is 2. The number of imidazole rings is 1. The molecule has 20 heavy (non-hydrogen) atoms. The lowest BCUT2D eigenvalue weighted by Gasteiger charge is -2.10. The van der Waals surface area contributed by atoms with Gasteiger partial charge >= 0.3 is 0 Å². The van der Waals surface area contributed by atoms with Gasteiger partial charge in [-0.3, -0.25) is 4.57 Å². The molecule has 0 saturated carbocycles. The first-order valence-corrected chi connectivity index (χ1v) is 7.09. The smallest absolute Gasteiger partial charge is 0.125 e. The largest absolute Gasteiger partial charge is 0.295 e. The van der Waals surface area contributed by atoms with Gasteiger partial charge in [0.1, 0.15) is 11.6 Å². The molecule has 0 spiro atoms. The quantitative estimate of drug-likeness (QED) is 0.647. The van der Waals surface area contributed by atoms with Crippen molar-refractivity contribution in [3.05, 3.63) is 59.1 Å². The van der Waals surface area contributed by atoms with Crippen LogP contribution in [0, 0.1) is 5.82 Å². The summed E-state index contributed by atoms with van der Waals surface area (Å²) in [5.41, 5.74) is 2.31. The van der Waals surface area contributed by atoms with Gasteiger partial charge < -0.3 is 0 Å². The molecule has 0 aliphatic carbocycles. The highest BCUT2D eigenvalue weighted by Crippen LogP contribution is 2.28. The molecule has 1 aromatic heterocycles. The Morgan fingerprint density at radius 1 is 1.15 bits per heavy atom. The van der Waals surface area contributed by atoms with Crippen LogP contribution in [0.2, 0.25) is 5.02 Å². The molecule has 3 rings (SSSR count). The zero-order valence-corrected chi connectivity index (χ0v) is 12.0. The third-order valence-electron chi connectivity index (χ3n) is 3.10. The average molecular weight is 309 g/mol. The van der Waals surface area contributed by atoms with E-state index in [2.05, 4.69) is 4.98 Å². The van der Waals surface area contributed by atoms with E-state index < -0.39 is 0 Å². The van der Waals surface area contributed by atoms with Crippen LogP contribution in [0.1, 0.15) is 5.82 Å². The van der Waals surface area contributed by atoms with Crippen molar-refractivity contribution in [3.63, 3.8) is 0 Å². The molecule has 2 aromatic carbocycles. The highest BCUT2D eigenvalue weighted by atomic mass is 35.5. The Hall–Kier alpha value is -1.58. The van der Waals surface area contributed by atoms with Crippen LogP contribution in [-0.2, 0) is 6.42 Å². The van der Waals surface area contributed by atoms with Crippen molar-refractivity contribution in [2.75, 3.05) is 5.88 Å². The van der Waals surface area contributed by atoms with E-state index in [0.717, 1.165) is 16.9 Å². The van der Waals surface area contributed by atoms with E-state index in [1.165, 1.54) is 12.1 Å². The predicted molar refractivity (Wildman–Crippen MR) is 80.5 cm³/mol. The summed E-state index contributed by atoms with van der Waals surface area (Å²) >= 11 is 12.0. The minimum absolute atomic E-state index is 0.334. The lowest BCUT2D eigenvalue weighted by atomic mass is 10.2. The first-order chi connectivity index (χ1) is 9.70. The van der Waals surface area contributed by atoms with Crippen LogP contribution >= 0.6 is 23.2 Å². The molecule has 0 bridgehead atoms. The molecule has 2 nitrogen and oxygen atoms in total. The number of alkyl halides is 1. The fraction of sp³-hybridized carbons (Fsp3) is 0.133. The number of benzene rings is 2. The summed E-state index contributed by atoms with van der Waals surface area (Å²) < 4.78 is 15.4. The molecule has 0 unspecified atom stereocenters. The second-order valence-electron chi connectivity index (χ2n) is 4.39. The number of para-hydroxylation sites is 2. The summed E-state index contributed by atoms with van der Waals surface area (Å²) in [5.74, 6) is 0.878. The van der Waals surface area contributed by atoms with Crippen molar-refractivity contribution < 1.29 is 4.39 Å². The first-order valence-electron chi connectivity index (χ1n) is 6.18. The van der Waals surface area contributed by atoms with Crippen molar-refractivity contribution >= 4 is 34.2 Å². The van der Waals surface area contributed by atoms with Gasteiger partial charge in [-0.1, -0.05) is 23.7 Å². The van der Waals surface area contributed by atoms with Gasteiger partial charge in [0, 0.05) is 12.3 Å². The van der Waals surface area contributed by atoms with E-state index in [1.54, 1.807) is 6.07 Å². The highest BCUT2D eigenvalue weighted by Gasteiger charge is 2.14. The maximum Gasteiger partial charge on any atom is 0.125 e. The normalized spacial score (nSPS) is 11.2. The first kappa shape index (κ1) is 13.4. The fourth-order valence-corrected chi connectivity index (χ4v) is 2.63. The van der Waals surface area contributed by atoms with Crippen LogP contribution in [-0.4, -0.2) is 15.4 Å². The van der Waals surface area contributed by atoms with Gasteiger partial charge in [-0.15, -0.1) is 11.6 Å². The lowest BCUT2D eigenvalue weighted by molar-refractivity contribution is 0.626. The van der Waals surface area contributed by atoms with Gasteiger partial charge in [-0.25, -0.2) is 9.37 Å². The summed E-state index contributed by atoms with van der Waals surface area (Å²) in [7, 11) is 0. The van der Waals surface area contributed by atoms with E-state index in [-0.39, 0.29) is 5.82 Å². The third kappa shape index (κ3) is 2.28. The molecule has 5 heteroatoms. The lowest BCUT2D eigenvalue weighted by Crippen LogP contribution is -2.03. The summed E-state index contributed by atoms with van der Waals surface area (Å²) in [6, 6.07) is 12.0. The van der Waals surface area contributed by atoms with Crippen molar-refractivity contribution in [2.45, 2.75) is 6.42 Å². The Balaban J connectivity index is 2.33. The average Bonchev–Trinajstić information content (AvgIpc) is 2.80. The number of aryl methyl sites for hydroxylation is 1. The molecule has 0 radical (unpaired) electrons. The standard InChI is InChI=1S/C15H11Cl2FN2/c16-8-7-15-19-12-3-1-2-4-13(12)20(15)14-9-10(18)5-6-11(14)17/h1-6,9H,7-8H2. The molecule has 0 N–H and O–H groups in total. The van der Waals surface area contributed by atoms with Crippen molar-refractivity contribution in [1.82, 2.24) is 9.55 Å². The Labute approximate surface area is 125 Å². The molecular formula is C15H11Cl2FN2. The second-order valence-corrected chi connectivity index (χ2v) is 5.17. The number of fused-ring (bicyclic) bond motifs is 1. The topological polar surface area (TPSA) is 17.8 Å². The molecule has 1 heterocycles. The van der Waals surface area contributed by atoms with Crippen LogP contribution in [0.5, 0.6) is 0 Å². The van der Waals surface area contributed by atoms with Crippen LogP contribution in [0.15, 0.2) is 42.5 Å². The molecule has 0 aliphatic heterocycles. The number of aromatic nitrogens is 2. The van der Waals surface area contributed by atoms with Crippen LogP contribution in [0.3, 0.4) is 0 Å². The molecule has 3 aromatic rings. The van der Waals surface area contributed by atoms with E-state index >= 15 is 0 Å². The molecule has 0 amide bonds. The summed E-state index contributed by atoms with van der Waals surface area (Å²) in [6.07, 6.45) is 0.586. The van der Waals surface area contributed by atoms with Gasteiger partial charge in [0.2, 0.25) is 0 Å². The van der Waals surface area contributed by atoms with E-state index in [4.69, 9.17) is 23.2 Å². The van der Waals surface area contributed by atoms with E-state index in [0.29, 0.717) is 23.0 Å². The minimum atomic E-state index is -0.334. The Morgan fingerprint density at radius 2 is 1.95 bits per heavy atom. The summed E-state index contributed by atoms with van der Waals surface area (Å²) in [6.45, 7) is 0. The number of halogens is 3. The van der Waals surface area contributed by atoms with Gasteiger partial charge in [-0.2, -0.15) is 0 Å². The van der Waals surface area contributed by atoms with Crippen molar-refractivity contribution in [3.8, 4) is 5.69 Å². The second kappa shape index (κ2) is 5.43. The van der Waals surface area contributed by atoms with E-state index in [1.807, 2.05) is 28.8 Å². The fourth-order valence-electron chi connectivity index (χ4n) is 2.25. The number of hydrogen-bond donors (Lipinski definition) is 0. The molecule has 0 atom stereocenters. The Morgan fingerprint density at radius 3 is 2.75 bits per heavy atom. The molecular weight excluding hydrogens is 298 g/mol. The molecule has 0 aliphatic rings. The van der Waals surface area contributed by atoms with Gasteiger partial charge in [0.15, 0.2) is 0 Å². The third-order valence-corrected chi connectivity index (χ3v) is 3.61.